The number of hydrogen-bond acceptors (Lipinski definition) is 5. The Kier molecular flexibility index (Phi) is 36.2. The highest BCUT2D eigenvalue weighted by atomic mass is 16.9. The molecule has 0 saturated carbocycles. The molecule has 0 amide bonds. The van der Waals surface area contributed by atoms with Gasteiger partial charge >= 0.3 is 5.97 Å². The molecule has 0 aromatic rings. The van der Waals surface area contributed by atoms with Gasteiger partial charge < -0.3 is 4.74 Å². The molecule has 2 radical (unpaired) electrons. The number of rotatable bonds is 38. The summed E-state index contributed by atoms with van der Waals surface area (Å²) in [7, 11) is 5.69. The molecule has 6 heteroatoms. The van der Waals surface area contributed by atoms with E-state index in [1.807, 2.05) is 0 Å². The second-order valence-electron chi connectivity index (χ2n) is 14.6. The molecule has 0 rings (SSSR count). The number of carbonyl (C=O) groups excluding carboxylic acids is 1. The average molecular weight is 664 g/mol. The first-order chi connectivity index (χ1) is 23.0. The van der Waals surface area contributed by atoms with Crippen LogP contribution < -0.4 is 0 Å². The Labute approximate surface area is 295 Å². The molecule has 0 aliphatic rings. The third-order valence-corrected chi connectivity index (χ3v) is 9.96. The fourth-order valence-corrected chi connectivity index (χ4v) is 6.63. The number of carbonyl (C=O) groups is 1. The average Bonchev–Trinajstić information content (AvgIpc) is 3.08. The van der Waals surface area contributed by atoms with Gasteiger partial charge in [0.25, 0.3) is 0 Å². The van der Waals surface area contributed by atoms with Crippen LogP contribution in [0, 0.1) is 11.8 Å². The van der Waals surface area contributed by atoms with Crippen molar-refractivity contribution >= 4 is 13.8 Å². The van der Waals surface area contributed by atoms with E-state index in [1.54, 1.807) is 0 Å². The topological polar surface area (TPSA) is 59.0 Å². The summed E-state index contributed by atoms with van der Waals surface area (Å²) in [4.78, 5) is 19.5. The van der Waals surface area contributed by atoms with Gasteiger partial charge in [-0.2, -0.15) is 0 Å². The number of unbranched alkanes of at least 4 members (excludes halogenated alkanes) is 20. The van der Waals surface area contributed by atoms with Crippen molar-refractivity contribution < 1.29 is 19.6 Å². The standard InChI is InChI=1S/C41H82BNO4/c1-5-9-13-17-21-26-32-39(31-25-15-11-7-3)41(44)46-36-38(30-24-20-19-23-29-35-42)37-47-43(45)40(33-27-16-12-8-4)34-28-22-18-14-10-6-2/h38-40,45H,5-37H2,1-4H3. The zero-order valence-corrected chi connectivity index (χ0v) is 32.3. The van der Waals surface area contributed by atoms with Gasteiger partial charge in [0.15, 0.2) is 0 Å². The maximum absolute atomic E-state index is 13.4. The third-order valence-electron chi connectivity index (χ3n) is 9.96. The van der Waals surface area contributed by atoms with E-state index in [0.29, 0.717) is 13.2 Å². The molecule has 0 aromatic heterocycles. The first kappa shape index (κ1) is 46.4. The summed E-state index contributed by atoms with van der Waals surface area (Å²) in [6, 6.07) is 0.0299. The molecular weight excluding hydrogens is 581 g/mol. The molecule has 1 N–H and O–H groups in total. The van der Waals surface area contributed by atoms with Crippen LogP contribution in [0.15, 0.2) is 0 Å². The van der Waals surface area contributed by atoms with Gasteiger partial charge in [0.2, 0.25) is 0 Å². The van der Waals surface area contributed by atoms with Crippen molar-refractivity contribution in [2.24, 2.45) is 11.8 Å². The van der Waals surface area contributed by atoms with Crippen molar-refractivity contribution in [3.63, 3.8) is 0 Å². The van der Waals surface area contributed by atoms with E-state index in [1.165, 1.54) is 121 Å². The summed E-state index contributed by atoms with van der Waals surface area (Å²) in [6.45, 7) is 9.77. The molecule has 0 aromatic carbocycles. The van der Waals surface area contributed by atoms with Crippen LogP contribution >= 0.6 is 0 Å². The molecule has 0 saturated heterocycles. The van der Waals surface area contributed by atoms with Crippen molar-refractivity contribution in [1.29, 1.82) is 0 Å². The number of hydroxylamine groups is 2. The normalized spacial score (nSPS) is 13.7. The smallest absolute Gasteiger partial charge is 0.308 e. The fourth-order valence-electron chi connectivity index (χ4n) is 6.63. The number of ether oxygens (including phenoxy) is 1. The van der Waals surface area contributed by atoms with Crippen LogP contribution in [0.1, 0.15) is 220 Å². The van der Waals surface area contributed by atoms with Gasteiger partial charge in [0.1, 0.15) is 0 Å². The second kappa shape index (κ2) is 36.7. The molecule has 3 unspecified atom stereocenters. The minimum Gasteiger partial charge on any atom is -0.465 e. The van der Waals surface area contributed by atoms with E-state index in [2.05, 4.69) is 27.7 Å². The predicted octanol–water partition coefficient (Wildman–Crippen LogP) is 13.1. The fraction of sp³-hybridized carbons (Fsp3) is 0.976. The zero-order chi connectivity index (χ0) is 34.6. The molecular formula is C41H82BNO4. The van der Waals surface area contributed by atoms with Crippen molar-refractivity contribution in [3.05, 3.63) is 0 Å². The summed E-state index contributed by atoms with van der Waals surface area (Å²) in [6.07, 6.45) is 35.7. The molecule has 0 aliphatic carbocycles. The van der Waals surface area contributed by atoms with Crippen LogP contribution in [0.4, 0.5) is 0 Å². The quantitative estimate of drug-likeness (QED) is 0.0308. The first-order valence-corrected chi connectivity index (χ1v) is 21.0. The van der Waals surface area contributed by atoms with Crippen LogP contribution in [-0.2, 0) is 14.4 Å². The molecule has 47 heavy (non-hydrogen) atoms. The van der Waals surface area contributed by atoms with Crippen LogP contribution in [0.3, 0.4) is 0 Å². The predicted molar refractivity (Wildman–Crippen MR) is 203 cm³/mol. The Bertz CT molecular complexity index is 637. The van der Waals surface area contributed by atoms with E-state index in [-0.39, 0.29) is 23.8 Å². The van der Waals surface area contributed by atoms with Crippen molar-refractivity contribution in [2.75, 3.05) is 13.2 Å². The summed E-state index contributed by atoms with van der Waals surface area (Å²) in [5.41, 5.74) is 0. The highest BCUT2D eigenvalue weighted by Gasteiger charge is 2.23. The lowest BCUT2D eigenvalue weighted by molar-refractivity contribution is -0.368. The van der Waals surface area contributed by atoms with Gasteiger partial charge in [-0.3, -0.25) is 14.8 Å². The Morgan fingerprint density at radius 2 is 0.915 bits per heavy atom. The van der Waals surface area contributed by atoms with Crippen LogP contribution in [0.25, 0.3) is 0 Å². The lowest BCUT2D eigenvalue weighted by atomic mass is 9.94. The summed E-state index contributed by atoms with van der Waals surface area (Å²) in [5.74, 6) is 0.0865. The molecule has 3 atom stereocenters. The van der Waals surface area contributed by atoms with Gasteiger partial charge in [0.05, 0.1) is 33.0 Å². The lowest BCUT2D eigenvalue weighted by Crippen LogP contribution is -2.35. The molecule has 278 valence electrons. The summed E-state index contributed by atoms with van der Waals surface area (Å²) in [5, 5.41) is 12.3. The van der Waals surface area contributed by atoms with Crippen LogP contribution in [-0.4, -0.2) is 43.5 Å². The maximum atomic E-state index is 13.4. The van der Waals surface area contributed by atoms with Gasteiger partial charge in [-0.15, -0.1) is 0 Å². The second-order valence-corrected chi connectivity index (χ2v) is 14.6. The van der Waals surface area contributed by atoms with Crippen molar-refractivity contribution in [2.45, 2.75) is 233 Å². The van der Waals surface area contributed by atoms with E-state index < -0.39 is 0 Å². The molecule has 0 aliphatic heterocycles. The van der Waals surface area contributed by atoms with E-state index >= 15 is 0 Å². The van der Waals surface area contributed by atoms with Crippen molar-refractivity contribution in [1.82, 2.24) is 5.23 Å². The Hall–Kier alpha value is -0.585. The minimum absolute atomic E-state index is 0.00929. The Balaban J connectivity index is 5.18. The molecule has 0 spiro atoms. The van der Waals surface area contributed by atoms with Gasteiger partial charge in [0, 0.05) is 5.92 Å². The minimum atomic E-state index is -0.0132. The molecule has 0 bridgehead atoms. The maximum Gasteiger partial charge on any atom is 0.308 e. The van der Waals surface area contributed by atoms with E-state index in [4.69, 9.17) is 17.4 Å². The Morgan fingerprint density at radius 3 is 1.38 bits per heavy atom. The molecule has 0 heterocycles. The monoisotopic (exact) mass is 664 g/mol. The van der Waals surface area contributed by atoms with E-state index in [0.717, 1.165) is 83.4 Å². The third kappa shape index (κ3) is 30.0. The lowest BCUT2D eigenvalue weighted by Gasteiger charge is -2.27. The van der Waals surface area contributed by atoms with Crippen LogP contribution in [0.2, 0.25) is 6.32 Å². The number of esters is 1. The van der Waals surface area contributed by atoms with E-state index in [9.17, 15) is 10.0 Å². The first-order valence-electron chi connectivity index (χ1n) is 21.0. The van der Waals surface area contributed by atoms with Gasteiger partial charge in [-0.25, -0.2) is 0 Å². The molecule has 5 nitrogen and oxygen atoms in total. The van der Waals surface area contributed by atoms with Gasteiger partial charge in [-0.05, 0) is 32.1 Å². The van der Waals surface area contributed by atoms with Crippen molar-refractivity contribution in [3.8, 4) is 0 Å². The number of hydrogen-bond donors (Lipinski definition) is 1. The SMILES string of the molecule is [B]CCCCCCCC(COC(=O)C(CCCCCC)CCCCCCCC)CON(O)C(CCCCCC)CCCCCCCC. The Morgan fingerprint density at radius 1 is 0.532 bits per heavy atom. The molecule has 0 fully saturated rings. The largest absolute Gasteiger partial charge is 0.465 e. The number of nitrogens with zero attached hydrogens (tertiary/aromatic N) is 1. The van der Waals surface area contributed by atoms with Crippen LogP contribution in [0.5, 0.6) is 0 Å². The summed E-state index contributed by atoms with van der Waals surface area (Å²) >= 11 is 0. The highest BCUT2D eigenvalue weighted by Crippen LogP contribution is 2.23. The van der Waals surface area contributed by atoms with Gasteiger partial charge in [-0.1, -0.05) is 200 Å². The zero-order valence-electron chi connectivity index (χ0n) is 32.3. The highest BCUT2D eigenvalue weighted by molar-refractivity contribution is 6.08. The summed E-state index contributed by atoms with van der Waals surface area (Å²) < 4.78 is 6.08.